The maximum absolute atomic E-state index is 12.7. The monoisotopic (exact) mass is 546 g/mol. The first kappa shape index (κ1) is 29.3. The lowest BCUT2D eigenvalue weighted by Gasteiger charge is -2.47. The number of aliphatic carboxylic acids is 1. The maximum Gasteiger partial charge on any atom is 0.573 e. The zero-order valence-electron chi connectivity index (χ0n) is 20.4. The second-order valence-electron chi connectivity index (χ2n) is 9.43. The van der Waals surface area contributed by atoms with Crippen LogP contribution in [0.15, 0.2) is 54.6 Å². The van der Waals surface area contributed by atoms with Crippen LogP contribution >= 0.6 is 0 Å². The van der Waals surface area contributed by atoms with Gasteiger partial charge >= 0.3 is 18.5 Å². The Morgan fingerprint density at radius 2 is 1.39 bits per heavy atom. The number of carbonyl (C=O) groups excluding carboxylic acids is 1. The highest BCUT2D eigenvalue weighted by Gasteiger charge is 2.39. The van der Waals surface area contributed by atoms with Gasteiger partial charge in [-0.3, -0.25) is 9.69 Å². The Labute approximate surface area is 215 Å². The molecule has 2 aliphatic heterocycles. The van der Waals surface area contributed by atoms with Crippen molar-refractivity contribution in [3.05, 3.63) is 65.7 Å². The third kappa shape index (κ3) is 8.64. The van der Waals surface area contributed by atoms with Crippen molar-refractivity contribution < 1.29 is 45.8 Å². The highest BCUT2D eigenvalue weighted by molar-refractivity contribution is 5.94. The summed E-state index contributed by atoms with van der Waals surface area (Å²) < 4.78 is 73.1. The second-order valence-corrected chi connectivity index (χ2v) is 9.43. The number of amides is 1. The highest BCUT2D eigenvalue weighted by atomic mass is 19.4. The van der Waals surface area contributed by atoms with Gasteiger partial charge in [-0.25, -0.2) is 4.79 Å². The third-order valence-corrected chi connectivity index (χ3v) is 6.83. The summed E-state index contributed by atoms with van der Waals surface area (Å²) in [5.74, 6) is -2.82. The van der Waals surface area contributed by atoms with Gasteiger partial charge < -0.3 is 14.7 Å². The molecule has 0 saturated carbocycles. The molecule has 1 spiro atoms. The zero-order valence-corrected chi connectivity index (χ0v) is 20.4. The van der Waals surface area contributed by atoms with Crippen molar-refractivity contribution in [2.75, 3.05) is 26.2 Å². The Balaban J connectivity index is 0.000000505. The quantitative estimate of drug-likeness (QED) is 0.496. The third-order valence-electron chi connectivity index (χ3n) is 6.83. The first-order chi connectivity index (χ1) is 17.8. The fraction of sp³-hybridized carbons (Fsp3) is 0.462. The van der Waals surface area contributed by atoms with Crippen molar-refractivity contribution in [3.63, 3.8) is 0 Å². The van der Waals surface area contributed by atoms with E-state index in [0.717, 1.165) is 63.0 Å². The summed E-state index contributed by atoms with van der Waals surface area (Å²) in [7, 11) is 0. The molecule has 2 aliphatic rings. The van der Waals surface area contributed by atoms with E-state index >= 15 is 0 Å². The minimum absolute atomic E-state index is 0.105. The Morgan fingerprint density at radius 1 is 0.842 bits per heavy atom. The first-order valence-electron chi connectivity index (χ1n) is 12.0. The van der Waals surface area contributed by atoms with Gasteiger partial charge in [0.05, 0.1) is 0 Å². The number of benzene rings is 2. The predicted octanol–water partition coefficient (Wildman–Crippen LogP) is 5.74. The van der Waals surface area contributed by atoms with Crippen molar-refractivity contribution in [2.45, 2.75) is 44.8 Å². The van der Waals surface area contributed by atoms with Gasteiger partial charge in [0.1, 0.15) is 5.75 Å². The van der Waals surface area contributed by atoms with E-state index in [4.69, 9.17) is 9.90 Å². The van der Waals surface area contributed by atoms with E-state index in [2.05, 4.69) is 9.64 Å². The van der Waals surface area contributed by atoms with Gasteiger partial charge in [0.15, 0.2) is 0 Å². The topological polar surface area (TPSA) is 70.1 Å². The molecule has 1 N–H and O–H groups in total. The van der Waals surface area contributed by atoms with Crippen LogP contribution in [-0.2, 0) is 11.3 Å². The summed E-state index contributed by atoms with van der Waals surface area (Å²) in [5.41, 5.74) is 1.83. The summed E-state index contributed by atoms with van der Waals surface area (Å²) in [5, 5.41) is 7.12. The number of carboxylic acids is 1. The van der Waals surface area contributed by atoms with Crippen molar-refractivity contribution in [1.82, 2.24) is 9.80 Å². The molecular formula is C26H28F6N2O4. The molecule has 0 aliphatic carbocycles. The van der Waals surface area contributed by atoms with Gasteiger partial charge in [-0.05, 0) is 74.0 Å². The molecule has 6 nitrogen and oxygen atoms in total. The summed E-state index contributed by atoms with van der Waals surface area (Å²) in [6.07, 6.45) is -5.63. The number of alkyl halides is 6. The number of likely N-dealkylation sites (tertiary alicyclic amines) is 2. The molecule has 0 unspecified atom stereocenters. The summed E-state index contributed by atoms with van der Waals surface area (Å²) in [6, 6.07) is 15.6. The van der Waals surface area contributed by atoms with Crippen LogP contribution in [0, 0.1) is 5.41 Å². The number of rotatable bonds is 4. The number of nitrogens with zero attached hydrogens (tertiary/aromatic N) is 2. The molecule has 0 aromatic heterocycles. The molecule has 2 aromatic rings. The van der Waals surface area contributed by atoms with E-state index in [-0.39, 0.29) is 17.1 Å². The molecule has 208 valence electrons. The Bertz CT molecular complexity index is 1070. The Hall–Kier alpha value is -3.28. The van der Waals surface area contributed by atoms with Gasteiger partial charge in [0, 0.05) is 25.2 Å². The van der Waals surface area contributed by atoms with E-state index in [1.807, 2.05) is 41.3 Å². The van der Waals surface area contributed by atoms with Crippen LogP contribution in [0.4, 0.5) is 26.3 Å². The van der Waals surface area contributed by atoms with Crippen LogP contribution in [0.25, 0.3) is 0 Å². The van der Waals surface area contributed by atoms with E-state index < -0.39 is 18.5 Å². The molecule has 0 bridgehead atoms. The van der Waals surface area contributed by atoms with Crippen molar-refractivity contribution in [3.8, 4) is 5.75 Å². The van der Waals surface area contributed by atoms with Crippen molar-refractivity contribution in [2.24, 2.45) is 5.41 Å². The number of carboxylic acid groups (broad SMARTS) is 1. The van der Waals surface area contributed by atoms with E-state index in [0.29, 0.717) is 6.54 Å². The number of halogens is 6. The SMILES string of the molecule is O=C(O)C(F)(F)F.O=C(c1ccccc1)N1CCC2(CCN(Cc3cccc(OC(F)(F)F)c3)CC2)CC1. The van der Waals surface area contributed by atoms with Crippen LogP contribution in [0.1, 0.15) is 41.6 Å². The Morgan fingerprint density at radius 3 is 1.92 bits per heavy atom. The van der Waals surface area contributed by atoms with Crippen molar-refractivity contribution in [1.29, 1.82) is 0 Å². The number of ether oxygens (including phenoxy) is 1. The second kappa shape index (κ2) is 12.1. The molecule has 0 radical (unpaired) electrons. The molecule has 0 atom stereocenters. The highest BCUT2D eigenvalue weighted by Crippen LogP contribution is 2.41. The van der Waals surface area contributed by atoms with Crippen LogP contribution in [0.2, 0.25) is 0 Å². The minimum Gasteiger partial charge on any atom is -0.475 e. The fourth-order valence-electron chi connectivity index (χ4n) is 4.73. The number of carbonyl (C=O) groups is 2. The molecule has 2 saturated heterocycles. The predicted molar refractivity (Wildman–Crippen MR) is 125 cm³/mol. The molecule has 1 amide bonds. The van der Waals surface area contributed by atoms with Gasteiger partial charge in [0.25, 0.3) is 5.91 Å². The number of hydrogen-bond donors (Lipinski definition) is 1. The average molecular weight is 547 g/mol. The minimum atomic E-state index is -5.08. The van der Waals surface area contributed by atoms with Gasteiger partial charge in [0.2, 0.25) is 0 Å². The summed E-state index contributed by atoms with van der Waals surface area (Å²) in [4.78, 5) is 25.8. The molecule has 2 fully saturated rings. The largest absolute Gasteiger partial charge is 0.573 e. The average Bonchev–Trinajstić information content (AvgIpc) is 2.85. The lowest BCUT2D eigenvalue weighted by atomic mass is 9.71. The van der Waals surface area contributed by atoms with Crippen LogP contribution in [-0.4, -0.2) is 65.5 Å². The number of hydrogen-bond acceptors (Lipinski definition) is 4. The summed E-state index contributed by atoms with van der Waals surface area (Å²) in [6.45, 7) is 4.01. The van der Waals surface area contributed by atoms with E-state index in [1.54, 1.807) is 6.07 Å². The van der Waals surface area contributed by atoms with Crippen LogP contribution in [0.3, 0.4) is 0 Å². The van der Waals surface area contributed by atoms with E-state index in [9.17, 15) is 31.1 Å². The molecule has 38 heavy (non-hydrogen) atoms. The van der Waals surface area contributed by atoms with E-state index in [1.165, 1.54) is 12.1 Å². The fourth-order valence-corrected chi connectivity index (χ4v) is 4.73. The van der Waals surface area contributed by atoms with Crippen LogP contribution < -0.4 is 4.74 Å². The lowest BCUT2D eigenvalue weighted by molar-refractivity contribution is -0.274. The molecule has 4 rings (SSSR count). The van der Waals surface area contributed by atoms with Crippen LogP contribution in [0.5, 0.6) is 5.75 Å². The Kier molecular flexibility index (Phi) is 9.29. The molecule has 2 heterocycles. The smallest absolute Gasteiger partial charge is 0.475 e. The molecule has 12 heteroatoms. The molecular weight excluding hydrogens is 518 g/mol. The summed E-state index contributed by atoms with van der Waals surface area (Å²) >= 11 is 0. The first-order valence-corrected chi connectivity index (χ1v) is 12.0. The van der Waals surface area contributed by atoms with Gasteiger partial charge in [-0.15, -0.1) is 13.2 Å². The van der Waals surface area contributed by atoms with Gasteiger partial charge in [-0.1, -0.05) is 30.3 Å². The van der Waals surface area contributed by atoms with Crippen molar-refractivity contribution >= 4 is 11.9 Å². The molecule has 2 aromatic carbocycles. The standard InChI is InChI=1S/C24H27F3N2O2.C2HF3O2/c25-24(26,27)31-21-8-4-5-19(17-21)18-28-13-9-23(10-14-28)11-15-29(16-12-23)22(30)20-6-2-1-3-7-20;3-2(4,5)1(6)7/h1-8,17H,9-16,18H2;(H,6,7). The maximum atomic E-state index is 12.7. The van der Waals surface area contributed by atoms with Gasteiger partial charge in [-0.2, -0.15) is 13.2 Å². The normalized spacial score (nSPS) is 17.9. The number of piperidine rings is 2. The lowest BCUT2D eigenvalue weighted by Crippen LogP contribution is -2.48. The zero-order chi connectivity index (χ0) is 28.0.